The fraction of sp³-hybridized carbons (Fsp3) is 0.800. The molecule has 0 N–H and O–H groups in total. The zero-order valence-corrected chi connectivity index (χ0v) is 10.7. The van der Waals surface area contributed by atoms with E-state index in [0.717, 1.165) is 0 Å². The van der Waals surface area contributed by atoms with E-state index in [0.29, 0.717) is 6.54 Å². The molecule has 6 heteroatoms. The molecule has 0 heterocycles. The highest BCUT2D eigenvalue weighted by Gasteiger charge is 2.28. The van der Waals surface area contributed by atoms with Gasteiger partial charge in [-0.25, -0.2) is 8.42 Å². The lowest BCUT2D eigenvalue weighted by atomic mass is 10.2. The second-order valence-corrected chi connectivity index (χ2v) is 6.23. The summed E-state index contributed by atoms with van der Waals surface area (Å²) in [5.41, 5.74) is 0. The van der Waals surface area contributed by atoms with Crippen molar-refractivity contribution in [3.63, 3.8) is 0 Å². The molecule has 0 aliphatic carbocycles. The van der Waals surface area contributed by atoms with Crippen molar-refractivity contribution in [2.24, 2.45) is 5.92 Å². The van der Waals surface area contributed by atoms with Crippen LogP contribution in [0, 0.1) is 28.6 Å². The molecule has 0 fully saturated rings. The zero-order valence-electron chi connectivity index (χ0n) is 9.84. The molecule has 16 heavy (non-hydrogen) atoms. The van der Waals surface area contributed by atoms with E-state index in [9.17, 15) is 8.42 Å². The molecule has 5 nitrogen and oxygen atoms in total. The second-order valence-electron chi connectivity index (χ2n) is 3.98. The summed E-state index contributed by atoms with van der Waals surface area (Å²) in [6.07, 6.45) is 0.143. The van der Waals surface area contributed by atoms with Gasteiger partial charge in [-0.3, -0.25) is 0 Å². The van der Waals surface area contributed by atoms with E-state index in [1.807, 2.05) is 19.9 Å². The predicted molar refractivity (Wildman–Crippen MR) is 60.6 cm³/mol. The number of sulfonamides is 1. The van der Waals surface area contributed by atoms with Gasteiger partial charge in [-0.05, 0) is 12.8 Å². The number of hydrogen-bond donors (Lipinski definition) is 0. The SMILES string of the molecule is CC(C)CN(CCC#N)S(=O)(=O)C(C)C#N. The first-order valence-electron chi connectivity index (χ1n) is 5.11. The first-order valence-corrected chi connectivity index (χ1v) is 6.62. The zero-order chi connectivity index (χ0) is 12.8. The minimum absolute atomic E-state index is 0.143. The Balaban J connectivity index is 4.90. The molecule has 0 aliphatic heterocycles. The summed E-state index contributed by atoms with van der Waals surface area (Å²) in [4.78, 5) is 0. The Kier molecular flexibility index (Phi) is 6.02. The van der Waals surface area contributed by atoms with E-state index in [2.05, 4.69) is 0 Å². The third-order valence-corrected chi connectivity index (χ3v) is 4.08. The summed E-state index contributed by atoms with van der Waals surface area (Å²) < 4.78 is 25.0. The monoisotopic (exact) mass is 243 g/mol. The van der Waals surface area contributed by atoms with Gasteiger partial charge in [-0.2, -0.15) is 14.8 Å². The highest BCUT2D eigenvalue weighted by molar-refractivity contribution is 7.89. The molecule has 0 amide bonds. The molecule has 0 bridgehead atoms. The van der Waals surface area contributed by atoms with Crippen molar-refractivity contribution in [3.8, 4) is 12.1 Å². The van der Waals surface area contributed by atoms with E-state index in [1.165, 1.54) is 11.2 Å². The van der Waals surface area contributed by atoms with Gasteiger partial charge >= 0.3 is 0 Å². The van der Waals surface area contributed by atoms with Gasteiger partial charge in [-0.15, -0.1) is 0 Å². The van der Waals surface area contributed by atoms with Crippen molar-refractivity contribution in [2.45, 2.75) is 32.4 Å². The van der Waals surface area contributed by atoms with Gasteiger partial charge in [0.25, 0.3) is 0 Å². The molecule has 0 rings (SSSR count). The van der Waals surface area contributed by atoms with Gasteiger partial charge in [0.2, 0.25) is 10.0 Å². The van der Waals surface area contributed by atoms with E-state index in [1.54, 1.807) is 6.07 Å². The second kappa shape index (κ2) is 6.47. The normalized spacial score (nSPS) is 13.4. The number of nitrogens with zero attached hydrogens (tertiary/aromatic N) is 3. The molecule has 0 aromatic carbocycles. The van der Waals surface area contributed by atoms with Crippen molar-refractivity contribution >= 4 is 10.0 Å². The van der Waals surface area contributed by atoms with Crippen LogP contribution in [0.1, 0.15) is 27.2 Å². The highest BCUT2D eigenvalue weighted by Crippen LogP contribution is 2.11. The van der Waals surface area contributed by atoms with Crippen molar-refractivity contribution in [3.05, 3.63) is 0 Å². The van der Waals surface area contributed by atoms with Gasteiger partial charge in [0.1, 0.15) is 0 Å². The molecular formula is C10H17N3O2S. The molecule has 0 aliphatic rings. The molecular weight excluding hydrogens is 226 g/mol. The highest BCUT2D eigenvalue weighted by atomic mass is 32.2. The molecule has 0 saturated heterocycles. The summed E-state index contributed by atoms with van der Waals surface area (Å²) >= 11 is 0. The molecule has 1 atom stereocenters. The summed E-state index contributed by atoms with van der Waals surface area (Å²) in [5.74, 6) is 0.166. The van der Waals surface area contributed by atoms with Crippen LogP contribution in [0.25, 0.3) is 0 Å². The van der Waals surface area contributed by atoms with E-state index >= 15 is 0 Å². The number of hydrogen-bond acceptors (Lipinski definition) is 4. The van der Waals surface area contributed by atoms with Crippen LogP contribution in [-0.2, 0) is 10.0 Å². The van der Waals surface area contributed by atoms with Crippen LogP contribution in [0.5, 0.6) is 0 Å². The fourth-order valence-corrected chi connectivity index (χ4v) is 2.63. The maximum absolute atomic E-state index is 11.9. The van der Waals surface area contributed by atoms with Gasteiger partial charge in [0, 0.05) is 19.5 Å². The van der Waals surface area contributed by atoms with Crippen LogP contribution in [-0.4, -0.2) is 31.1 Å². The van der Waals surface area contributed by atoms with Crippen molar-refractivity contribution < 1.29 is 8.42 Å². The topological polar surface area (TPSA) is 85.0 Å². The standard InChI is InChI=1S/C10H17N3O2S/c1-9(2)8-13(6-4-5-11)16(14,15)10(3)7-12/h9-10H,4,6,8H2,1-3H3. The largest absolute Gasteiger partial charge is 0.230 e. The van der Waals surface area contributed by atoms with Crippen molar-refractivity contribution in [1.29, 1.82) is 10.5 Å². The fourth-order valence-electron chi connectivity index (χ4n) is 1.19. The van der Waals surface area contributed by atoms with E-state index in [4.69, 9.17) is 10.5 Å². The maximum Gasteiger partial charge on any atom is 0.230 e. The minimum Gasteiger partial charge on any atom is -0.211 e. The minimum atomic E-state index is -3.60. The Morgan fingerprint density at radius 3 is 2.19 bits per heavy atom. The van der Waals surface area contributed by atoms with Gasteiger partial charge in [0.05, 0.1) is 12.1 Å². The van der Waals surface area contributed by atoms with Gasteiger partial charge in [0.15, 0.2) is 5.25 Å². The lowest BCUT2D eigenvalue weighted by Crippen LogP contribution is -2.39. The average Bonchev–Trinajstić information content (AvgIpc) is 2.22. The Labute approximate surface area is 97.3 Å². The average molecular weight is 243 g/mol. The molecule has 0 aromatic heterocycles. The first kappa shape index (κ1) is 14.9. The third kappa shape index (κ3) is 4.18. The molecule has 0 saturated carbocycles. The van der Waals surface area contributed by atoms with Crippen molar-refractivity contribution in [1.82, 2.24) is 4.31 Å². The summed E-state index contributed by atoms with van der Waals surface area (Å²) in [6, 6.07) is 3.63. The molecule has 0 aromatic rings. The molecule has 0 radical (unpaired) electrons. The van der Waals surface area contributed by atoms with Crippen LogP contribution >= 0.6 is 0 Å². The van der Waals surface area contributed by atoms with Crippen LogP contribution in [0.3, 0.4) is 0 Å². The van der Waals surface area contributed by atoms with Crippen LogP contribution in [0.4, 0.5) is 0 Å². The Morgan fingerprint density at radius 2 is 1.81 bits per heavy atom. The lowest BCUT2D eigenvalue weighted by molar-refractivity contribution is 0.371. The third-order valence-electron chi connectivity index (χ3n) is 2.03. The Bertz CT molecular complexity index is 389. The Hall–Kier alpha value is -1.11. The van der Waals surface area contributed by atoms with Crippen LogP contribution in [0.15, 0.2) is 0 Å². The predicted octanol–water partition coefficient (Wildman–Crippen LogP) is 1.10. The number of nitriles is 2. The van der Waals surface area contributed by atoms with Crippen LogP contribution < -0.4 is 0 Å². The quantitative estimate of drug-likeness (QED) is 0.699. The van der Waals surface area contributed by atoms with E-state index < -0.39 is 15.3 Å². The first-order chi connectivity index (χ1) is 7.36. The van der Waals surface area contributed by atoms with E-state index in [-0.39, 0.29) is 18.9 Å². The molecule has 90 valence electrons. The van der Waals surface area contributed by atoms with Gasteiger partial charge in [-0.1, -0.05) is 13.8 Å². The summed E-state index contributed by atoms with van der Waals surface area (Å²) in [6.45, 7) is 5.64. The smallest absolute Gasteiger partial charge is 0.211 e. The number of rotatable bonds is 6. The Morgan fingerprint density at radius 1 is 1.25 bits per heavy atom. The van der Waals surface area contributed by atoms with Crippen molar-refractivity contribution in [2.75, 3.05) is 13.1 Å². The maximum atomic E-state index is 11.9. The molecule has 0 spiro atoms. The lowest BCUT2D eigenvalue weighted by Gasteiger charge is -2.23. The molecule has 1 unspecified atom stereocenters. The van der Waals surface area contributed by atoms with Gasteiger partial charge < -0.3 is 0 Å². The van der Waals surface area contributed by atoms with Crippen LogP contribution in [0.2, 0.25) is 0 Å². The summed E-state index contributed by atoms with van der Waals surface area (Å²) in [5, 5.41) is 16.1. The summed E-state index contributed by atoms with van der Waals surface area (Å²) in [7, 11) is -3.60.